The van der Waals surface area contributed by atoms with E-state index in [4.69, 9.17) is 0 Å². The Morgan fingerprint density at radius 1 is 1.19 bits per heavy atom. The van der Waals surface area contributed by atoms with E-state index in [1.54, 1.807) is 0 Å². The fourth-order valence-electron chi connectivity index (χ4n) is 3.39. The first-order chi connectivity index (χ1) is 12.9. The minimum atomic E-state index is 0.0234. The lowest BCUT2D eigenvalue weighted by atomic mass is 10.00. The first-order valence-electron chi connectivity index (χ1n) is 10.2. The molecule has 1 aromatic rings. The van der Waals surface area contributed by atoms with Crippen LogP contribution >= 0.6 is 23.5 Å². The van der Waals surface area contributed by atoms with Gasteiger partial charge < -0.3 is 10.2 Å². The number of aryl methyl sites for hydroxylation is 2. The van der Waals surface area contributed by atoms with Gasteiger partial charge in [-0.15, -0.1) is 23.5 Å². The number of carbonyl (C=O) groups excluding carboxylic acids is 1. The summed E-state index contributed by atoms with van der Waals surface area (Å²) in [6.45, 7) is 8.21. The molecule has 0 heterocycles. The smallest absolute Gasteiger partial charge is 0.232 e. The average Bonchev–Trinajstić information content (AvgIpc) is 2.63. The number of amides is 1. The van der Waals surface area contributed by atoms with E-state index in [2.05, 4.69) is 63.3 Å². The molecular weight excluding hydrogens is 372 g/mol. The van der Waals surface area contributed by atoms with Gasteiger partial charge in [0.2, 0.25) is 5.91 Å². The Bertz CT molecular complexity index is 606. The van der Waals surface area contributed by atoms with Crippen molar-refractivity contribution < 1.29 is 4.79 Å². The molecule has 0 aliphatic heterocycles. The topological polar surface area (TPSA) is 32.3 Å². The Morgan fingerprint density at radius 3 is 2.56 bits per heavy atom. The maximum Gasteiger partial charge on any atom is 0.232 e. The van der Waals surface area contributed by atoms with Gasteiger partial charge in [-0.25, -0.2) is 0 Å². The highest BCUT2D eigenvalue weighted by Crippen LogP contribution is 2.41. The second-order valence-electron chi connectivity index (χ2n) is 7.95. The summed E-state index contributed by atoms with van der Waals surface area (Å²) in [6.07, 6.45) is 6.09. The fourth-order valence-corrected chi connectivity index (χ4v) is 6.41. The molecule has 27 heavy (non-hydrogen) atoms. The molecule has 3 nitrogen and oxygen atoms in total. The van der Waals surface area contributed by atoms with Crippen LogP contribution in [0.2, 0.25) is 0 Å². The van der Waals surface area contributed by atoms with E-state index in [0.29, 0.717) is 10.5 Å². The van der Waals surface area contributed by atoms with Gasteiger partial charge in [0, 0.05) is 21.9 Å². The van der Waals surface area contributed by atoms with Crippen LogP contribution in [0.1, 0.15) is 50.2 Å². The predicted molar refractivity (Wildman–Crippen MR) is 121 cm³/mol. The third kappa shape index (κ3) is 7.71. The monoisotopic (exact) mass is 408 g/mol. The third-order valence-corrected chi connectivity index (χ3v) is 8.34. The van der Waals surface area contributed by atoms with E-state index < -0.39 is 0 Å². The fraction of sp³-hybridized carbons (Fsp3) is 0.682. The van der Waals surface area contributed by atoms with Crippen LogP contribution < -0.4 is 5.32 Å². The molecule has 1 aliphatic carbocycles. The largest absolute Gasteiger partial charge is 0.355 e. The Balaban J connectivity index is 1.86. The summed E-state index contributed by atoms with van der Waals surface area (Å²) < 4.78 is 0. The lowest BCUT2D eigenvalue weighted by Gasteiger charge is -2.32. The van der Waals surface area contributed by atoms with E-state index in [0.717, 1.165) is 19.5 Å². The van der Waals surface area contributed by atoms with Crippen molar-refractivity contribution in [1.29, 1.82) is 0 Å². The maximum atomic E-state index is 12.5. The van der Waals surface area contributed by atoms with Gasteiger partial charge in [-0.2, -0.15) is 0 Å². The van der Waals surface area contributed by atoms with Crippen molar-refractivity contribution in [2.75, 3.05) is 27.2 Å². The summed E-state index contributed by atoms with van der Waals surface area (Å²) in [6, 6.07) is 6.80. The van der Waals surface area contributed by atoms with Crippen LogP contribution in [0.3, 0.4) is 0 Å². The molecular formula is C22H36N2OS2. The van der Waals surface area contributed by atoms with E-state index in [1.165, 1.54) is 41.7 Å². The predicted octanol–water partition coefficient (Wildman–Crippen LogP) is 4.90. The number of carbonyl (C=O) groups is 1. The van der Waals surface area contributed by atoms with Crippen LogP contribution in [-0.4, -0.2) is 53.7 Å². The Kier molecular flexibility index (Phi) is 9.54. The molecule has 0 spiro atoms. The molecule has 152 valence electrons. The maximum absolute atomic E-state index is 12.5. The third-order valence-electron chi connectivity index (χ3n) is 5.24. The van der Waals surface area contributed by atoms with Crippen molar-refractivity contribution in [3.63, 3.8) is 0 Å². The number of nitrogens with zero attached hydrogens (tertiary/aromatic N) is 1. The summed E-state index contributed by atoms with van der Waals surface area (Å²) in [5.74, 6) is 0.194. The molecule has 1 saturated carbocycles. The van der Waals surface area contributed by atoms with Gasteiger partial charge in [-0.05, 0) is 83.9 Å². The molecule has 1 amide bonds. The molecule has 0 bridgehead atoms. The quantitative estimate of drug-likeness (QED) is 0.589. The lowest BCUT2D eigenvalue weighted by Crippen LogP contribution is -2.35. The molecule has 1 N–H and O–H groups in total. The molecule has 0 aromatic heterocycles. The van der Waals surface area contributed by atoms with Gasteiger partial charge in [0.25, 0.3) is 0 Å². The van der Waals surface area contributed by atoms with E-state index in [-0.39, 0.29) is 11.2 Å². The number of benzene rings is 1. The summed E-state index contributed by atoms with van der Waals surface area (Å²) in [5, 5.41) is 4.30. The van der Waals surface area contributed by atoms with Gasteiger partial charge in [0.15, 0.2) is 0 Å². The number of nitrogens with one attached hydrogen (secondary N) is 1. The van der Waals surface area contributed by atoms with E-state index >= 15 is 0 Å². The number of rotatable bonds is 9. The molecule has 0 saturated heterocycles. The summed E-state index contributed by atoms with van der Waals surface area (Å²) in [5.41, 5.74) is 2.72. The van der Waals surface area contributed by atoms with Crippen molar-refractivity contribution in [2.24, 2.45) is 0 Å². The zero-order chi connectivity index (χ0) is 19.8. The van der Waals surface area contributed by atoms with Crippen LogP contribution in [0.25, 0.3) is 0 Å². The number of thioether (sulfide) groups is 2. The first kappa shape index (κ1) is 22.6. The SMILES string of the molecule is Cc1ccc(SC2CCCCC2SC(C)C(=O)NCCCN(C)C)cc1C. The van der Waals surface area contributed by atoms with Crippen LogP contribution in [0.5, 0.6) is 0 Å². The Hall–Kier alpha value is -0.650. The van der Waals surface area contributed by atoms with Gasteiger partial charge >= 0.3 is 0 Å². The van der Waals surface area contributed by atoms with Crippen LogP contribution in [0.4, 0.5) is 0 Å². The minimum Gasteiger partial charge on any atom is -0.355 e. The van der Waals surface area contributed by atoms with Crippen molar-refractivity contribution in [3.8, 4) is 0 Å². The van der Waals surface area contributed by atoms with Crippen LogP contribution in [-0.2, 0) is 4.79 Å². The summed E-state index contributed by atoms with van der Waals surface area (Å²) >= 11 is 3.90. The van der Waals surface area contributed by atoms with Crippen molar-refractivity contribution in [2.45, 2.75) is 73.5 Å². The molecule has 1 aliphatic rings. The van der Waals surface area contributed by atoms with E-state index in [1.807, 2.05) is 23.5 Å². The van der Waals surface area contributed by atoms with Crippen molar-refractivity contribution in [1.82, 2.24) is 10.2 Å². The molecule has 3 atom stereocenters. The molecule has 1 aromatic carbocycles. The number of hydrogen-bond donors (Lipinski definition) is 1. The Morgan fingerprint density at radius 2 is 1.89 bits per heavy atom. The van der Waals surface area contributed by atoms with Gasteiger partial charge in [-0.3, -0.25) is 4.79 Å². The van der Waals surface area contributed by atoms with E-state index in [9.17, 15) is 4.79 Å². The zero-order valence-electron chi connectivity index (χ0n) is 17.6. The molecule has 2 rings (SSSR count). The second-order valence-corrected chi connectivity index (χ2v) is 10.8. The zero-order valence-corrected chi connectivity index (χ0v) is 19.2. The number of hydrogen-bond acceptors (Lipinski definition) is 4. The molecule has 5 heteroatoms. The second kappa shape index (κ2) is 11.4. The first-order valence-corrected chi connectivity index (χ1v) is 12.0. The highest BCUT2D eigenvalue weighted by molar-refractivity contribution is 8.04. The van der Waals surface area contributed by atoms with Gasteiger partial charge in [0.1, 0.15) is 0 Å². The Labute approximate surface area is 174 Å². The summed E-state index contributed by atoms with van der Waals surface area (Å²) in [7, 11) is 4.13. The highest BCUT2D eigenvalue weighted by Gasteiger charge is 2.29. The average molecular weight is 409 g/mol. The normalized spacial score (nSPS) is 21.3. The minimum absolute atomic E-state index is 0.0234. The van der Waals surface area contributed by atoms with Crippen LogP contribution in [0, 0.1) is 13.8 Å². The lowest BCUT2D eigenvalue weighted by molar-refractivity contribution is -0.120. The molecule has 1 fully saturated rings. The van der Waals surface area contributed by atoms with Crippen molar-refractivity contribution >= 4 is 29.4 Å². The summed E-state index contributed by atoms with van der Waals surface area (Å²) in [4.78, 5) is 16.0. The van der Waals surface area contributed by atoms with Crippen LogP contribution in [0.15, 0.2) is 23.1 Å². The van der Waals surface area contributed by atoms with Crippen molar-refractivity contribution in [3.05, 3.63) is 29.3 Å². The highest BCUT2D eigenvalue weighted by atomic mass is 32.2. The molecule has 3 unspecified atom stereocenters. The molecule has 0 radical (unpaired) electrons. The van der Waals surface area contributed by atoms with Gasteiger partial charge in [0.05, 0.1) is 5.25 Å². The standard InChI is InChI=1S/C22H36N2OS2/c1-16-11-12-19(15-17(16)2)27-21-10-7-6-9-20(21)26-18(3)22(25)23-13-8-14-24(4)5/h11-12,15,18,20-21H,6-10,13-14H2,1-5H3,(H,23,25). The van der Waals surface area contributed by atoms with Gasteiger partial charge in [-0.1, -0.05) is 18.9 Å².